The Hall–Kier alpha value is -1.67. The summed E-state index contributed by atoms with van der Waals surface area (Å²) in [7, 11) is 0. The van der Waals surface area contributed by atoms with Crippen LogP contribution in [-0.2, 0) is 33.4 Å². The molecule has 2 aliphatic heterocycles. The van der Waals surface area contributed by atoms with Gasteiger partial charge in [-0.1, -0.05) is 0 Å². The first-order valence-corrected chi connectivity index (χ1v) is 5.87. The van der Waals surface area contributed by atoms with Crippen LogP contribution >= 0.6 is 0 Å². The van der Waals surface area contributed by atoms with Crippen LogP contribution < -0.4 is 0 Å². The second-order valence-electron chi connectivity index (χ2n) is 4.36. The monoisotopic (exact) mass is 273 g/mol. The summed E-state index contributed by atoms with van der Waals surface area (Å²) in [6, 6.07) is -0.411. The van der Waals surface area contributed by atoms with Gasteiger partial charge in [0.25, 0.3) is 0 Å². The first-order chi connectivity index (χ1) is 8.97. The van der Waals surface area contributed by atoms with Crippen molar-refractivity contribution in [3.63, 3.8) is 0 Å². The third-order valence-electron chi connectivity index (χ3n) is 2.88. The number of esters is 2. The highest BCUT2D eigenvalue weighted by molar-refractivity contribution is 5.72. The summed E-state index contributed by atoms with van der Waals surface area (Å²) in [4.78, 5) is 38.1. The zero-order valence-corrected chi connectivity index (χ0v) is 10.7. The van der Waals surface area contributed by atoms with Crippen LogP contribution in [0.25, 0.3) is 0 Å². The van der Waals surface area contributed by atoms with Crippen LogP contribution in [0.15, 0.2) is 0 Å². The van der Waals surface area contributed by atoms with Crippen molar-refractivity contribution in [3.8, 4) is 0 Å². The first kappa shape index (κ1) is 13.8. The Morgan fingerprint density at radius 2 is 2.11 bits per heavy atom. The minimum Gasteiger partial charge on any atom is -0.463 e. The summed E-state index contributed by atoms with van der Waals surface area (Å²) in [5.41, 5.74) is 0. The minimum absolute atomic E-state index is 0.0359. The number of carbonyl (C=O) groups is 3. The van der Waals surface area contributed by atoms with Crippen molar-refractivity contribution < 1.29 is 33.4 Å². The summed E-state index contributed by atoms with van der Waals surface area (Å²) < 4.78 is 15.4. The average Bonchev–Trinajstić information content (AvgIpc) is 2.68. The van der Waals surface area contributed by atoms with E-state index in [0.29, 0.717) is 0 Å². The van der Waals surface area contributed by atoms with Gasteiger partial charge in [0.15, 0.2) is 6.10 Å². The summed E-state index contributed by atoms with van der Waals surface area (Å²) in [6.45, 7) is 2.56. The normalized spacial score (nSPS) is 30.4. The second kappa shape index (κ2) is 5.54. The second-order valence-corrected chi connectivity index (χ2v) is 4.36. The molecule has 0 aromatic heterocycles. The fraction of sp³-hybridized carbons (Fsp3) is 0.727. The van der Waals surface area contributed by atoms with Gasteiger partial charge in [-0.2, -0.15) is 0 Å². The Labute approximate surface area is 109 Å². The lowest BCUT2D eigenvalue weighted by Gasteiger charge is -2.38. The highest BCUT2D eigenvalue weighted by atomic mass is 16.8. The van der Waals surface area contributed by atoms with Crippen LogP contribution in [0.3, 0.4) is 0 Å². The molecule has 2 saturated heterocycles. The van der Waals surface area contributed by atoms with Crippen molar-refractivity contribution >= 4 is 17.9 Å². The Balaban J connectivity index is 2.07. The summed E-state index contributed by atoms with van der Waals surface area (Å²) >= 11 is 0. The van der Waals surface area contributed by atoms with Crippen molar-refractivity contribution in [1.29, 1.82) is 0 Å². The molecule has 0 saturated carbocycles. The Bertz CT molecular complexity index is 397. The molecule has 0 aromatic rings. The number of nitrogens with zero attached hydrogens (tertiary/aromatic N) is 1. The van der Waals surface area contributed by atoms with Crippen LogP contribution in [0.1, 0.15) is 20.3 Å². The Kier molecular flexibility index (Phi) is 4.01. The summed E-state index contributed by atoms with van der Waals surface area (Å²) in [5, 5.41) is 1.33. The molecule has 2 aliphatic rings. The van der Waals surface area contributed by atoms with Gasteiger partial charge in [-0.25, -0.2) is 0 Å². The van der Waals surface area contributed by atoms with Crippen molar-refractivity contribution in [1.82, 2.24) is 5.06 Å². The van der Waals surface area contributed by atoms with Crippen LogP contribution in [0.4, 0.5) is 0 Å². The lowest BCUT2D eigenvalue weighted by molar-refractivity contribution is -0.265. The van der Waals surface area contributed by atoms with Gasteiger partial charge in [0.2, 0.25) is 0 Å². The maximum atomic E-state index is 11.3. The lowest BCUT2D eigenvalue weighted by Crippen LogP contribution is -2.55. The van der Waals surface area contributed by atoms with E-state index >= 15 is 0 Å². The third-order valence-corrected chi connectivity index (χ3v) is 2.88. The maximum Gasteiger partial charge on any atom is 0.327 e. The topological polar surface area (TPSA) is 91.4 Å². The van der Waals surface area contributed by atoms with E-state index in [1.165, 1.54) is 18.9 Å². The number of hydrogen-bond donors (Lipinski definition) is 0. The Morgan fingerprint density at radius 3 is 2.74 bits per heavy atom. The van der Waals surface area contributed by atoms with Gasteiger partial charge in [-0.05, 0) is 0 Å². The fourth-order valence-corrected chi connectivity index (χ4v) is 2.11. The van der Waals surface area contributed by atoms with E-state index in [1.807, 2.05) is 0 Å². The summed E-state index contributed by atoms with van der Waals surface area (Å²) in [5.74, 6) is -1.35. The van der Waals surface area contributed by atoms with Crippen LogP contribution in [-0.4, -0.2) is 54.6 Å². The molecule has 2 heterocycles. The highest BCUT2D eigenvalue weighted by Crippen LogP contribution is 2.28. The molecule has 0 N–H and O–H groups in total. The molecule has 0 aliphatic carbocycles. The number of hydrogen-bond acceptors (Lipinski definition) is 8. The molecule has 2 fully saturated rings. The fourth-order valence-electron chi connectivity index (χ4n) is 2.11. The maximum absolute atomic E-state index is 11.3. The molecular weight excluding hydrogens is 258 g/mol. The third kappa shape index (κ3) is 3.21. The van der Waals surface area contributed by atoms with Crippen LogP contribution in [0.2, 0.25) is 0 Å². The van der Waals surface area contributed by atoms with E-state index in [2.05, 4.69) is 0 Å². The molecule has 0 radical (unpaired) electrons. The molecule has 106 valence electrons. The number of carbonyl (C=O) groups excluding carboxylic acids is 3. The van der Waals surface area contributed by atoms with Crippen LogP contribution in [0.5, 0.6) is 0 Å². The first-order valence-electron chi connectivity index (χ1n) is 5.87. The molecule has 3 atom stereocenters. The number of ether oxygens (including phenoxy) is 3. The van der Waals surface area contributed by atoms with Crippen LogP contribution in [0, 0.1) is 0 Å². The van der Waals surface area contributed by atoms with E-state index in [0.717, 1.165) is 0 Å². The van der Waals surface area contributed by atoms with E-state index in [9.17, 15) is 14.4 Å². The standard InChI is InChI=1S/C11H15NO7/c1-6(13)16-4-9-11(18-7(2)14)8-3-10(15)19-12(8)5-17-9/h8-9,11H,3-5H2,1-2H3/t8-,9+,11+/m0/s1. The van der Waals surface area contributed by atoms with Crippen molar-refractivity contribution in [2.24, 2.45) is 0 Å². The highest BCUT2D eigenvalue weighted by Gasteiger charge is 2.48. The van der Waals surface area contributed by atoms with Crippen molar-refractivity contribution in [2.45, 2.75) is 38.5 Å². The van der Waals surface area contributed by atoms with E-state index in [4.69, 9.17) is 19.0 Å². The smallest absolute Gasteiger partial charge is 0.327 e. The molecule has 0 amide bonds. The quantitative estimate of drug-likeness (QED) is 0.628. The molecule has 19 heavy (non-hydrogen) atoms. The van der Waals surface area contributed by atoms with Gasteiger partial charge in [-0.15, -0.1) is 5.06 Å². The average molecular weight is 273 g/mol. The van der Waals surface area contributed by atoms with Gasteiger partial charge in [0.05, 0.1) is 12.5 Å². The zero-order chi connectivity index (χ0) is 14.0. The van der Waals surface area contributed by atoms with Gasteiger partial charge >= 0.3 is 17.9 Å². The number of hydroxylamine groups is 2. The minimum atomic E-state index is -0.711. The largest absolute Gasteiger partial charge is 0.463 e. The van der Waals surface area contributed by atoms with E-state index < -0.39 is 36.2 Å². The zero-order valence-electron chi connectivity index (χ0n) is 10.7. The van der Waals surface area contributed by atoms with Gasteiger partial charge in [0, 0.05) is 13.8 Å². The molecule has 2 rings (SSSR count). The molecule has 0 bridgehead atoms. The lowest BCUT2D eigenvalue weighted by atomic mass is 10.0. The molecule has 0 unspecified atom stereocenters. The summed E-state index contributed by atoms with van der Waals surface area (Å²) in [6.07, 6.45) is -1.21. The van der Waals surface area contributed by atoms with Gasteiger partial charge < -0.3 is 19.0 Å². The number of rotatable bonds is 3. The SMILES string of the molecule is CC(=O)OC[C@H]1OCN2OC(=O)C[C@H]2[C@H]1OC(C)=O. The Morgan fingerprint density at radius 1 is 1.37 bits per heavy atom. The van der Waals surface area contributed by atoms with Crippen molar-refractivity contribution in [3.05, 3.63) is 0 Å². The molecule has 0 spiro atoms. The molecule has 8 nitrogen and oxygen atoms in total. The molecule has 0 aromatic carbocycles. The van der Waals surface area contributed by atoms with Crippen molar-refractivity contribution in [2.75, 3.05) is 13.3 Å². The predicted octanol–water partition coefficient (Wildman–Crippen LogP) is -0.630. The van der Waals surface area contributed by atoms with E-state index in [1.54, 1.807) is 0 Å². The van der Waals surface area contributed by atoms with Gasteiger partial charge in [-0.3, -0.25) is 14.4 Å². The molecular formula is C11H15NO7. The number of fused-ring (bicyclic) bond motifs is 1. The predicted molar refractivity (Wildman–Crippen MR) is 58.3 cm³/mol. The van der Waals surface area contributed by atoms with Gasteiger partial charge in [0.1, 0.15) is 19.4 Å². The molecule has 8 heteroatoms. The van der Waals surface area contributed by atoms with E-state index in [-0.39, 0.29) is 19.8 Å².